The van der Waals surface area contributed by atoms with E-state index in [1.54, 1.807) is 6.20 Å². The summed E-state index contributed by atoms with van der Waals surface area (Å²) in [4.78, 5) is 19.8. The van der Waals surface area contributed by atoms with Crippen molar-refractivity contribution in [3.05, 3.63) is 59.9 Å². The van der Waals surface area contributed by atoms with Crippen molar-refractivity contribution < 1.29 is 9.53 Å². The lowest BCUT2D eigenvalue weighted by Crippen LogP contribution is -2.40. The average Bonchev–Trinajstić information content (AvgIpc) is 3.00. The molecular weight excluding hydrogens is 374 g/mol. The molecule has 1 aromatic heterocycles. The van der Waals surface area contributed by atoms with Crippen molar-refractivity contribution in [2.24, 2.45) is 0 Å². The van der Waals surface area contributed by atoms with E-state index in [1.165, 1.54) is 0 Å². The summed E-state index contributed by atoms with van der Waals surface area (Å²) in [6.07, 6.45) is 5.78. The van der Waals surface area contributed by atoms with Crippen LogP contribution < -0.4 is 10.1 Å². The Bertz CT molecular complexity index is 719. The number of aromatic nitrogens is 1. The van der Waals surface area contributed by atoms with Crippen LogP contribution in [-0.2, 0) is 6.54 Å². The highest BCUT2D eigenvalue weighted by Crippen LogP contribution is 2.21. The minimum atomic E-state index is 0. The Labute approximate surface area is 173 Å². The topological polar surface area (TPSA) is 54.5 Å². The number of carbonyl (C=O) groups is 1. The summed E-state index contributed by atoms with van der Waals surface area (Å²) in [7, 11) is 0. The fourth-order valence-corrected chi connectivity index (χ4v) is 3.45. The van der Waals surface area contributed by atoms with Crippen LogP contribution in [0.5, 0.6) is 5.75 Å². The van der Waals surface area contributed by atoms with Crippen molar-refractivity contribution in [3.8, 4) is 5.75 Å². The second kappa shape index (κ2) is 11.7. The van der Waals surface area contributed by atoms with Crippen LogP contribution in [0.2, 0.25) is 0 Å². The lowest BCUT2D eigenvalue weighted by Gasteiger charge is -2.31. The van der Waals surface area contributed by atoms with E-state index < -0.39 is 0 Å². The minimum Gasteiger partial charge on any atom is -0.494 e. The van der Waals surface area contributed by atoms with E-state index in [2.05, 4.69) is 17.2 Å². The molecular formula is C22H30ClN3O2. The maximum Gasteiger partial charge on any atom is 0.254 e. The van der Waals surface area contributed by atoms with Gasteiger partial charge in [0.25, 0.3) is 5.91 Å². The van der Waals surface area contributed by atoms with Gasteiger partial charge in [0.15, 0.2) is 0 Å². The molecule has 3 rings (SSSR count). The molecule has 0 saturated carbocycles. The lowest BCUT2D eigenvalue weighted by molar-refractivity contribution is 0.0642. The number of rotatable bonds is 7. The van der Waals surface area contributed by atoms with Crippen LogP contribution in [0.4, 0.5) is 0 Å². The van der Waals surface area contributed by atoms with Crippen molar-refractivity contribution in [1.82, 2.24) is 15.2 Å². The molecule has 1 atom stereocenters. The first-order chi connectivity index (χ1) is 13.3. The number of halogens is 1. The van der Waals surface area contributed by atoms with Crippen molar-refractivity contribution in [3.63, 3.8) is 0 Å². The van der Waals surface area contributed by atoms with E-state index in [0.29, 0.717) is 18.7 Å². The number of nitrogens with zero attached hydrogens (tertiary/aromatic N) is 2. The van der Waals surface area contributed by atoms with Gasteiger partial charge in [-0.05, 0) is 69.1 Å². The van der Waals surface area contributed by atoms with Gasteiger partial charge in [-0.25, -0.2) is 0 Å². The van der Waals surface area contributed by atoms with E-state index in [9.17, 15) is 4.79 Å². The number of benzene rings is 1. The first kappa shape index (κ1) is 22.2. The number of carbonyl (C=O) groups excluding carboxylic acids is 1. The van der Waals surface area contributed by atoms with Gasteiger partial charge in [-0.2, -0.15) is 0 Å². The summed E-state index contributed by atoms with van der Waals surface area (Å²) in [5, 5.41) is 3.43. The minimum absolute atomic E-state index is 0. The van der Waals surface area contributed by atoms with Gasteiger partial charge in [0.1, 0.15) is 5.75 Å². The Morgan fingerprint density at radius 1 is 1.21 bits per heavy atom. The van der Waals surface area contributed by atoms with Gasteiger partial charge in [0.05, 0.1) is 18.8 Å². The van der Waals surface area contributed by atoms with E-state index in [4.69, 9.17) is 4.74 Å². The number of nitrogens with one attached hydrogen (secondary N) is 1. The van der Waals surface area contributed by atoms with E-state index in [1.807, 2.05) is 47.4 Å². The van der Waals surface area contributed by atoms with Crippen LogP contribution in [0, 0.1) is 0 Å². The normalized spacial score (nSPS) is 16.5. The molecule has 6 heteroatoms. The van der Waals surface area contributed by atoms with Gasteiger partial charge < -0.3 is 15.0 Å². The molecule has 1 fully saturated rings. The number of amides is 1. The van der Waals surface area contributed by atoms with Gasteiger partial charge in [-0.1, -0.05) is 19.1 Å². The summed E-state index contributed by atoms with van der Waals surface area (Å²) >= 11 is 0. The van der Waals surface area contributed by atoms with Crippen LogP contribution in [-0.4, -0.2) is 41.5 Å². The monoisotopic (exact) mass is 403 g/mol. The van der Waals surface area contributed by atoms with E-state index in [0.717, 1.165) is 50.2 Å². The van der Waals surface area contributed by atoms with Crippen molar-refractivity contribution >= 4 is 18.3 Å². The van der Waals surface area contributed by atoms with Crippen LogP contribution >= 0.6 is 12.4 Å². The molecule has 0 bridgehead atoms. The number of hydrogen-bond acceptors (Lipinski definition) is 4. The summed E-state index contributed by atoms with van der Waals surface area (Å²) < 4.78 is 5.72. The Kier molecular flexibility index (Phi) is 9.24. The van der Waals surface area contributed by atoms with Crippen molar-refractivity contribution in [1.29, 1.82) is 0 Å². The second-order valence-corrected chi connectivity index (χ2v) is 6.97. The largest absolute Gasteiger partial charge is 0.494 e. The Morgan fingerprint density at radius 2 is 2.11 bits per heavy atom. The van der Waals surface area contributed by atoms with Crippen molar-refractivity contribution in [2.75, 3.05) is 19.7 Å². The molecule has 28 heavy (non-hydrogen) atoms. The maximum absolute atomic E-state index is 13.4. The third-order valence-corrected chi connectivity index (χ3v) is 4.86. The molecule has 2 heterocycles. The quantitative estimate of drug-likeness (QED) is 0.756. The molecule has 0 aliphatic carbocycles. The fourth-order valence-electron chi connectivity index (χ4n) is 3.45. The number of pyridine rings is 1. The zero-order valence-corrected chi connectivity index (χ0v) is 17.3. The summed E-state index contributed by atoms with van der Waals surface area (Å²) in [5.41, 5.74) is 1.60. The molecule has 0 radical (unpaired) electrons. The third kappa shape index (κ3) is 6.21. The van der Waals surface area contributed by atoms with Crippen LogP contribution in [0.15, 0.2) is 48.7 Å². The third-order valence-electron chi connectivity index (χ3n) is 4.86. The Hall–Kier alpha value is -2.11. The van der Waals surface area contributed by atoms with Crippen LogP contribution in [0.25, 0.3) is 0 Å². The molecule has 1 aromatic carbocycles. The summed E-state index contributed by atoms with van der Waals surface area (Å²) in [6, 6.07) is 13.6. The van der Waals surface area contributed by atoms with Crippen LogP contribution in [0.1, 0.15) is 48.7 Å². The molecule has 0 spiro atoms. The summed E-state index contributed by atoms with van der Waals surface area (Å²) in [5.74, 6) is 0.803. The first-order valence-corrected chi connectivity index (χ1v) is 9.92. The molecule has 1 amide bonds. The molecule has 152 valence electrons. The Morgan fingerprint density at radius 3 is 2.89 bits per heavy atom. The zero-order chi connectivity index (χ0) is 18.9. The number of ether oxygens (including phenoxy) is 1. The van der Waals surface area contributed by atoms with Gasteiger partial charge >= 0.3 is 0 Å². The van der Waals surface area contributed by atoms with E-state index >= 15 is 0 Å². The average molecular weight is 404 g/mol. The SMILES string of the molecule is CCCOc1cccc(C(=O)N(Cc2ccccn2)C2CCCNCC2)c1.Cl. The van der Waals surface area contributed by atoms with Gasteiger partial charge in [-0.3, -0.25) is 9.78 Å². The molecule has 1 aliphatic rings. The molecule has 1 N–H and O–H groups in total. The fraction of sp³-hybridized carbons (Fsp3) is 0.455. The molecule has 1 unspecified atom stereocenters. The van der Waals surface area contributed by atoms with Gasteiger partial charge in [0, 0.05) is 17.8 Å². The second-order valence-electron chi connectivity index (χ2n) is 6.97. The maximum atomic E-state index is 13.4. The highest BCUT2D eigenvalue weighted by molar-refractivity contribution is 5.94. The molecule has 5 nitrogen and oxygen atoms in total. The van der Waals surface area contributed by atoms with Crippen molar-refractivity contribution in [2.45, 2.75) is 45.2 Å². The predicted molar refractivity (Wildman–Crippen MR) is 114 cm³/mol. The van der Waals surface area contributed by atoms with Crippen LogP contribution in [0.3, 0.4) is 0 Å². The highest BCUT2D eigenvalue weighted by atomic mass is 35.5. The first-order valence-electron chi connectivity index (χ1n) is 9.92. The van der Waals surface area contributed by atoms with Gasteiger partial charge in [0.2, 0.25) is 0 Å². The lowest BCUT2D eigenvalue weighted by atomic mass is 10.0. The number of hydrogen-bond donors (Lipinski definition) is 1. The van der Waals surface area contributed by atoms with Gasteiger partial charge in [-0.15, -0.1) is 12.4 Å². The standard InChI is InChI=1S/C22H29N3O2.ClH/c1-2-15-27-21-10-5-7-18(16-21)22(26)25(17-19-8-3-4-13-24-19)20-9-6-12-23-14-11-20;/h3-5,7-8,10,13,16,20,23H,2,6,9,11-12,14-15,17H2,1H3;1H. The highest BCUT2D eigenvalue weighted by Gasteiger charge is 2.26. The molecule has 1 aliphatic heterocycles. The Balaban J connectivity index is 0.00000280. The van der Waals surface area contributed by atoms with E-state index in [-0.39, 0.29) is 24.4 Å². The molecule has 2 aromatic rings. The predicted octanol–water partition coefficient (Wildman–Crippen LogP) is 4.08. The molecule has 1 saturated heterocycles. The smallest absolute Gasteiger partial charge is 0.254 e. The summed E-state index contributed by atoms with van der Waals surface area (Å²) in [6.45, 7) is 5.22. The zero-order valence-electron chi connectivity index (χ0n) is 16.5.